The first-order chi connectivity index (χ1) is 18.9. The van der Waals surface area contributed by atoms with E-state index in [1.165, 1.54) is 11.0 Å². The zero-order valence-electron chi connectivity index (χ0n) is 22.9. The molecule has 2 aromatic carbocycles. The van der Waals surface area contributed by atoms with Crippen molar-refractivity contribution < 1.29 is 37.0 Å². The molecule has 1 saturated carbocycles. The molecule has 40 heavy (non-hydrogen) atoms. The predicted octanol–water partition coefficient (Wildman–Crippen LogP) is 6.92. The van der Waals surface area contributed by atoms with E-state index in [1.54, 1.807) is 51.1 Å². The first-order valence-electron chi connectivity index (χ1n) is 13.7. The predicted molar refractivity (Wildman–Crippen MR) is 144 cm³/mol. The number of benzene rings is 2. The number of hydrogen-bond acceptors (Lipinski definition) is 6. The number of alkyl carbamates (subject to hydrolysis) is 1. The lowest BCUT2D eigenvalue weighted by Gasteiger charge is -2.35. The van der Waals surface area contributed by atoms with Crippen molar-refractivity contribution in [1.82, 2.24) is 10.2 Å². The van der Waals surface area contributed by atoms with Gasteiger partial charge in [0.15, 0.2) is 11.3 Å². The molecular formula is C30H35F3N2O5. The van der Waals surface area contributed by atoms with Crippen LogP contribution in [0.3, 0.4) is 0 Å². The standard InChI is InChI=1S/C30H35F3N2O5/c1-29(2,3)40-28(37)34-17-22-14-20-13-19(16-25(26(20)39-22)38-21-5-4-6-21)23-8-7-18(15-24(23)31)27(36)35-11-9-30(32,33)10-12-35/h7-8,13-16,21,27,36H,4-6,9-12,17H2,1-3H3,(H,34,37). The van der Waals surface area contributed by atoms with Gasteiger partial charge in [0, 0.05) is 36.9 Å². The Hall–Kier alpha value is -3.24. The molecule has 10 heteroatoms. The Morgan fingerprint density at radius 3 is 2.52 bits per heavy atom. The number of hydrogen-bond donors (Lipinski definition) is 2. The molecule has 3 aromatic rings. The van der Waals surface area contributed by atoms with Crippen LogP contribution in [0.2, 0.25) is 0 Å². The Bertz CT molecular complexity index is 1370. The molecule has 1 saturated heterocycles. The maximum absolute atomic E-state index is 15.4. The van der Waals surface area contributed by atoms with Gasteiger partial charge in [-0.15, -0.1) is 0 Å². The summed E-state index contributed by atoms with van der Waals surface area (Å²) in [5, 5.41) is 14.1. The highest BCUT2D eigenvalue weighted by atomic mass is 19.3. The number of halogens is 3. The molecule has 2 fully saturated rings. The van der Waals surface area contributed by atoms with E-state index >= 15 is 4.39 Å². The second-order valence-electron chi connectivity index (χ2n) is 11.6. The highest BCUT2D eigenvalue weighted by Gasteiger charge is 2.36. The molecule has 216 valence electrons. The van der Waals surface area contributed by atoms with Gasteiger partial charge in [0.2, 0.25) is 0 Å². The van der Waals surface area contributed by atoms with Crippen molar-refractivity contribution in [2.45, 2.75) is 83.3 Å². The van der Waals surface area contributed by atoms with Gasteiger partial charge in [-0.25, -0.2) is 18.0 Å². The molecule has 5 rings (SSSR count). The molecule has 0 spiro atoms. The van der Waals surface area contributed by atoms with Crippen molar-refractivity contribution >= 4 is 17.1 Å². The van der Waals surface area contributed by atoms with Crippen LogP contribution in [0.25, 0.3) is 22.1 Å². The second-order valence-corrected chi connectivity index (χ2v) is 11.6. The first kappa shape index (κ1) is 28.3. The number of aliphatic hydroxyl groups is 1. The van der Waals surface area contributed by atoms with E-state index in [9.17, 15) is 18.7 Å². The van der Waals surface area contributed by atoms with E-state index in [1.807, 2.05) is 0 Å². The fourth-order valence-electron chi connectivity index (χ4n) is 4.88. The van der Waals surface area contributed by atoms with Crippen molar-refractivity contribution in [2.24, 2.45) is 0 Å². The number of amides is 1. The Morgan fingerprint density at radius 2 is 1.90 bits per heavy atom. The number of piperidine rings is 1. The molecule has 2 aliphatic rings. The minimum Gasteiger partial charge on any atom is -0.486 e. The minimum absolute atomic E-state index is 0.0294. The van der Waals surface area contributed by atoms with Crippen molar-refractivity contribution in [2.75, 3.05) is 13.1 Å². The van der Waals surface area contributed by atoms with Crippen molar-refractivity contribution in [3.8, 4) is 16.9 Å². The number of ether oxygens (including phenoxy) is 2. The number of furan rings is 1. The summed E-state index contributed by atoms with van der Waals surface area (Å²) in [5.74, 6) is -2.31. The van der Waals surface area contributed by atoms with E-state index < -0.39 is 29.7 Å². The van der Waals surface area contributed by atoms with Crippen molar-refractivity contribution in [1.29, 1.82) is 0 Å². The van der Waals surface area contributed by atoms with Gasteiger partial charge in [0.25, 0.3) is 5.92 Å². The molecule has 2 heterocycles. The number of carbonyl (C=O) groups is 1. The Morgan fingerprint density at radius 1 is 1.18 bits per heavy atom. The largest absolute Gasteiger partial charge is 0.486 e. The van der Waals surface area contributed by atoms with E-state index in [0.29, 0.717) is 39.2 Å². The summed E-state index contributed by atoms with van der Waals surface area (Å²) in [5.41, 5.74) is 1.04. The van der Waals surface area contributed by atoms with Gasteiger partial charge in [-0.3, -0.25) is 4.90 Å². The zero-order valence-corrected chi connectivity index (χ0v) is 22.9. The van der Waals surface area contributed by atoms with Gasteiger partial charge < -0.3 is 24.3 Å². The quantitative estimate of drug-likeness (QED) is 0.327. The van der Waals surface area contributed by atoms with Gasteiger partial charge in [-0.2, -0.15) is 0 Å². The lowest BCUT2D eigenvalue weighted by atomic mass is 9.96. The van der Waals surface area contributed by atoms with Crippen LogP contribution in [-0.2, 0) is 11.3 Å². The Kier molecular flexibility index (Phi) is 7.76. The van der Waals surface area contributed by atoms with Gasteiger partial charge in [0.05, 0.1) is 12.6 Å². The molecule has 1 atom stereocenters. The summed E-state index contributed by atoms with van der Waals surface area (Å²) < 4.78 is 60.0. The molecule has 1 amide bonds. The maximum atomic E-state index is 15.4. The summed E-state index contributed by atoms with van der Waals surface area (Å²) in [6.45, 7) is 5.50. The number of nitrogens with one attached hydrogen (secondary N) is 1. The van der Waals surface area contributed by atoms with E-state index in [-0.39, 0.29) is 38.6 Å². The second kappa shape index (κ2) is 11.0. The third kappa shape index (κ3) is 6.55. The van der Waals surface area contributed by atoms with Crippen molar-refractivity contribution in [3.05, 3.63) is 53.5 Å². The summed E-state index contributed by atoms with van der Waals surface area (Å²) in [7, 11) is 0. The number of fused-ring (bicyclic) bond motifs is 1. The fraction of sp³-hybridized carbons (Fsp3) is 0.500. The highest BCUT2D eigenvalue weighted by molar-refractivity contribution is 5.89. The summed E-state index contributed by atoms with van der Waals surface area (Å²) >= 11 is 0. The zero-order chi connectivity index (χ0) is 28.7. The van der Waals surface area contributed by atoms with Crippen LogP contribution < -0.4 is 10.1 Å². The number of aliphatic hydroxyl groups excluding tert-OH is 1. The average molecular weight is 561 g/mol. The summed E-state index contributed by atoms with van der Waals surface area (Å²) in [6, 6.07) is 9.71. The van der Waals surface area contributed by atoms with Crippen LogP contribution in [0.4, 0.5) is 18.0 Å². The molecule has 0 bridgehead atoms. The normalized spacial score (nSPS) is 18.8. The van der Waals surface area contributed by atoms with Gasteiger partial charge in [0.1, 0.15) is 23.4 Å². The van der Waals surface area contributed by atoms with Crippen molar-refractivity contribution in [3.63, 3.8) is 0 Å². The third-order valence-electron chi connectivity index (χ3n) is 7.26. The lowest BCUT2D eigenvalue weighted by Crippen LogP contribution is -2.41. The van der Waals surface area contributed by atoms with E-state index in [4.69, 9.17) is 13.9 Å². The summed E-state index contributed by atoms with van der Waals surface area (Å²) in [6.07, 6.45) is 0.542. The molecule has 1 aliphatic heterocycles. The molecular weight excluding hydrogens is 525 g/mol. The van der Waals surface area contributed by atoms with Gasteiger partial charge in [-0.1, -0.05) is 12.1 Å². The molecule has 1 aliphatic carbocycles. The molecule has 2 N–H and O–H groups in total. The smallest absolute Gasteiger partial charge is 0.408 e. The van der Waals surface area contributed by atoms with Gasteiger partial charge in [-0.05, 0) is 75.4 Å². The maximum Gasteiger partial charge on any atom is 0.408 e. The Labute approximate surface area is 231 Å². The Balaban J connectivity index is 1.39. The lowest BCUT2D eigenvalue weighted by molar-refractivity contribution is -0.0962. The SMILES string of the molecule is CC(C)(C)OC(=O)NCc1cc2cc(-c3ccc(C(O)N4CCC(F)(F)CC4)cc3F)cc(OC3CCC3)c2o1. The van der Waals surface area contributed by atoms with Crippen LogP contribution in [0.5, 0.6) is 5.75 Å². The number of nitrogens with zero attached hydrogens (tertiary/aromatic N) is 1. The highest BCUT2D eigenvalue weighted by Crippen LogP contribution is 2.39. The van der Waals surface area contributed by atoms with Crippen LogP contribution in [0, 0.1) is 5.82 Å². The summed E-state index contributed by atoms with van der Waals surface area (Å²) in [4.78, 5) is 13.6. The average Bonchev–Trinajstić information content (AvgIpc) is 3.26. The van der Waals surface area contributed by atoms with Gasteiger partial charge >= 0.3 is 6.09 Å². The van der Waals surface area contributed by atoms with E-state index in [0.717, 1.165) is 19.3 Å². The topological polar surface area (TPSA) is 84.2 Å². The molecule has 1 unspecified atom stereocenters. The number of alkyl halides is 2. The van der Waals surface area contributed by atoms with Crippen LogP contribution in [0.1, 0.15) is 70.4 Å². The van der Waals surface area contributed by atoms with Crippen LogP contribution >= 0.6 is 0 Å². The minimum atomic E-state index is -2.73. The monoisotopic (exact) mass is 560 g/mol. The van der Waals surface area contributed by atoms with Crippen LogP contribution in [-0.4, -0.2) is 46.8 Å². The molecule has 0 radical (unpaired) electrons. The fourth-order valence-corrected chi connectivity index (χ4v) is 4.88. The number of rotatable bonds is 7. The first-order valence-corrected chi connectivity index (χ1v) is 13.7. The van der Waals surface area contributed by atoms with E-state index in [2.05, 4.69) is 5.32 Å². The number of likely N-dealkylation sites (tertiary alicyclic amines) is 1. The number of carbonyl (C=O) groups excluding carboxylic acids is 1. The third-order valence-corrected chi connectivity index (χ3v) is 7.26. The van der Waals surface area contributed by atoms with Crippen LogP contribution in [0.15, 0.2) is 40.8 Å². The molecule has 7 nitrogen and oxygen atoms in total. The molecule has 1 aromatic heterocycles.